The number of halogens is 1. The van der Waals surface area contributed by atoms with E-state index in [1.54, 1.807) is 0 Å². The zero-order valence-electron chi connectivity index (χ0n) is 13.5. The van der Waals surface area contributed by atoms with Crippen LogP contribution in [-0.4, -0.2) is 29.9 Å². The first-order valence-corrected chi connectivity index (χ1v) is 8.84. The molecule has 3 atom stereocenters. The predicted molar refractivity (Wildman–Crippen MR) is 92.0 cm³/mol. The molecule has 0 unspecified atom stereocenters. The Bertz CT molecular complexity index is 472. The minimum absolute atomic E-state index is 0.0303. The molecule has 4 heteroatoms. The Morgan fingerprint density at radius 3 is 2.68 bits per heavy atom. The van der Waals surface area contributed by atoms with Crippen LogP contribution in [0, 0.1) is 5.92 Å². The van der Waals surface area contributed by atoms with Crippen molar-refractivity contribution in [3.63, 3.8) is 0 Å². The smallest absolute Gasteiger partial charge is 0.163 e. The molecule has 22 heavy (non-hydrogen) atoms. The molecule has 1 aliphatic heterocycles. The predicted octanol–water partition coefficient (Wildman–Crippen LogP) is 4.31. The van der Waals surface area contributed by atoms with Gasteiger partial charge in [-0.3, -0.25) is 0 Å². The molecule has 3 nitrogen and oxygen atoms in total. The summed E-state index contributed by atoms with van der Waals surface area (Å²) in [6.07, 6.45) is 4.19. The molecule has 1 heterocycles. The van der Waals surface area contributed by atoms with Gasteiger partial charge in [0.2, 0.25) is 0 Å². The number of allylic oxidation sites excluding steroid dienone is 1. The maximum absolute atomic E-state index is 6.19. The van der Waals surface area contributed by atoms with Gasteiger partial charge in [-0.05, 0) is 19.4 Å². The lowest BCUT2D eigenvalue weighted by Gasteiger charge is -2.28. The van der Waals surface area contributed by atoms with Crippen molar-refractivity contribution in [1.82, 2.24) is 0 Å². The van der Waals surface area contributed by atoms with E-state index in [1.165, 1.54) is 5.56 Å². The van der Waals surface area contributed by atoms with Gasteiger partial charge in [0.05, 0.1) is 19.3 Å². The van der Waals surface area contributed by atoms with Crippen LogP contribution in [0.2, 0.25) is 0 Å². The summed E-state index contributed by atoms with van der Waals surface area (Å²) in [6, 6.07) is 10.2. The molecule has 0 N–H and O–H groups in total. The lowest BCUT2D eigenvalue weighted by atomic mass is 9.99. The Hall–Kier alpha value is -0.680. The van der Waals surface area contributed by atoms with Gasteiger partial charge in [-0.1, -0.05) is 65.3 Å². The van der Waals surface area contributed by atoms with Gasteiger partial charge in [-0.2, -0.15) is 0 Å². The highest BCUT2D eigenvalue weighted by Gasteiger charge is 2.39. The van der Waals surface area contributed by atoms with Gasteiger partial charge >= 0.3 is 0 Å². The number of hydrogen-bond acceptors (Lipinski definition) is 3. The normalized spacial score (nSPS) is 23.7. The highest BCUT2D eigenvalue weighted by molar-refractivity contribution is 9.09. The second-order valence-electron chi connectivity index (χ2n) is 6.07. The van der Waals surface area contributed by atoms with Crippen molar-refractivity contribution in [1.29, 1.82) is 0 Å². The van der Waals surface area contributed by atoms with Crippen LogP contribution in [0.3, 0.4) is 0 Å². The lowest BCUT2D eigenvalue weighted by molar-refractivity contribution is -0.161. The molecular formula is C18H25BrO3. The first kappa shape index (κ1) is 17.7. The molecule has 0 amide bonds. The highest BCUT2D eigenvalue weighted by Crippen LogP contribution is 2.29. The Morgan fingerprint density at radius 2 is 2.09 bits per heavy atom. The van der Waals surface area contributed by atoms with Crippen molar-refractivity contribution in [3.8, 4) is 0 Å². The maximum atomic E-state index is 6.19. The van der Waals surface area contributed by atoms with Gasteiger partial charge < -0.3 is 14.2 Å². The minimum Gasteiger partial charge on any atom is -0.370 e. The number of benzene rings is 1. The summed E-state index contributed by atoms with van der Waals surface area (Å²) in [7, 11) is 0. The first-order valence-electron chi connectivity index (χ1n) is 7.72. The van der Waals surface area contributed by atoms with E-state index in [9.17, 15) is 0 Å². The van der Waals surface area contributed by atoms with Gasteiger partial charge in [0.1, 0.15) is 6.10 Å². The van der Waals surface area contributed by atoms with Crippen LogP contribution in [0.15, 0.2) is 42.5 Å². The van der Waals surface area contributed by atoms with Crippen molar-refractivity contribution >= 4 is 15.9 Å². The van der Waals surface area contributed by atoms with Gasteiger partial charge in [-0.25, -0.2) is 0 Å². The molecule has 0 bridgehead atoms. The highest BCUT2D eigenvalue weighted by atomic mass is 79.9. The first-order chi connectivity index (χ1) is 10.5. The Balaban J connectivity index is 2.03. The minimum atomic E-state index is -0.530. The standard InChI is InChI=1S/C18H25BrO3/c1-14(8-7-11-19)17(16-13-21-18(2,3)22-16)20-12-15-9-5-4-6-10-15/h4-10,14,16-17H,11-13H2,1-3H3/b8-7+/t14-,16-,17-/m1/s1. The van der Waals surface area contributed by atoms with Crippen LogP contribution >= 0.6 is 15.9 Å². The van der Waals surface area contributed by atoms with Gasteiger partial charge in [0.25, 0.3) is 0 Å². The topological polar surface area (TPSA) is 27.7 Å². The van der Waals surface area contributed by atoms with Gasteiger partial charge in [0.15, 0.2) is 5.79 Å². The molecule has 0 aliphatic carbocycles. The van der Waals surface area contributed by atoms with Crippen LogP contribution in [0.5, 0.6) is 0 Å². The second-order valence-corrected chi connectivity index (χ2v) is 6.72. The Morgan fingerprint density at radius 1 is 1.36 bits per heavy atom. The van der Waals surface area contributed by atoms with Crippen LogP contribution in [0.25, 0.3) is 0 Å². The molecule has 1 fully saturated rings. The number of hydrogen-bond donors (Lipinski definition) is 0. The summed E-state index contributed by atoms with van der Waals surface area (Å²) in [5.74, 6) is -0.276. The van der Waals surface area contributed by atoms with E-state index in [0.29, 0.717) is 13.2 Å². The third-order valence-electron chi connectivity index (χ3n) is 3.73. The fourth-order valence-electron chi connectivity index (χ4n) is 2.62. The quantitative estimate of drug-likeness (QED) is 0.530. The van der Waals surface area contributed by atoms with Gasteiger partial charge in [-0.15, -0.1) is 0 Å². The summed E-state index contributed by atoms with van der Waals surface area (Å²) in [4.78, 5) is 0. The summed E-state index contributed by atoms with van der Waals surface area (Å²) in [5.41, 5.74) is 1.17. The fourth-order valence-corrected chi connectivity index (χ4v) is 2.83. The number of alkyl halides is 1. The summed E-state index contributed by atoms with van der Waals surface area (Å²) in [5, 5.41) is 0.844. The van der Waals surface area contributed by atoms with Crippen molar-refractivity contribution in [2.45, 2.75) is 45.4 Å². The molecule has 2 rings (SSSR count). The third-order valence-corrected chi connectivity index (χ3v) is 4.10. The van der Waals surface area contributed by atoms with Crippen molar-refractivity contribution in [2.75, 3.05) is 11.9 Å². The van der Waals surface area contributed by atoms with E-state index >= 15 is 0 Å². The van der Waals surface area contributed by atoms with E-state index in [1.807, 2.05) is 32.0 Å². The number of ether oxygens (including phenoxy) is 3. The molecule has 0 aromatic heterocycles. The Kier molecular flexibility index (Phi) is 6.63. The monoisotopic (exact) mass is 368 g/mol. The molecule has 1 aromatic carbocycles. The number of rotatable bonds is 7. The second kappa shape index (κ2) is 8.25. The largest absolute Gasteiger partial charge is 0.370 e. The summed E-state index contributed by atoms with van der Waals surface area (Å²) >= 11 is 3.42. The molecule has 0 spiro atoms. The van der Waals surface area contributed by atoms with E-state index in [2.05, 4.69) is 47.1 Å². The van der Waals surface area contributed by atoms with Crippen molar-refractivity contribution in [2.24, 2.45) is 5.92 Å². The molecular weight excluding hydrogens is 344 g/mol. The lowest BCUT2D eigenvalue weighted by Crippen LogP contribution is -2.37. The summed E-state index contributed by atoms with van der Waals surface area (Å²) in [6.45, 7) is 7.20. The van der Waals surface area contributed by atoms with Crippen molar-refractivity contribution in [3.05, 3.63) is 48.0 Å². The van der Waals surface area contributed by atoms with E-state index in [0.717, 1.165) is 5.33 Å². The molecule has 1 aliphatic rings. The average molecular weight is 369 g/mol. The van der Waals surface area contributed by atoms with Crippen LogP contribution in [0.1, 0.15) is 26.3 Å². The third kappa shape index (κ3) is 5.20. The average Bonchev–Trinajstić information content (AvgIpc) is 2.86. The van der Waals surface area contributed by atoms with Crippen molar-refractivity contribution < 1.29 is 14.2 Å². The van der Waals surface area contributed by atoms with E-state index in [-0.39, 0.29) is 18.1 Å². The zero-order chi connectivity index (χ0) is 16.0. The summed E-state index contributed by atoms with van der Waals surface area (Å²) < 4.78 is 17.9. The van der Waals surface area contributed by atoms with E-state index in [4.69, 9.17) is 14.2 Å². The Labute approximate surface area is 141 Å². The van der Waals surface area contributed by atoms with Crippen LogP contribution in [-0.2, 0) is 20.8 Å². The molecule has 1 saturated heterocycles. The molecule has 0 radical (unpaired) electrons. The fraction of sp³-hybridized carbons (Fsp3) is 0.556. The zero-order valence-corrected chi connectivity index (χ0v) is 15.1. The van der Waals surface area contributed by atoms with Crippen LogP contribution in [0.4, 0.5) is 0 Å². The van der Waals surface area contributed by atoms with Gasteiger partial charge in [0, 0.05) is 11.2 Å². The maximum Gasteiger partial charge on any atom is 0.163 e. The van der Waals surface area contributed by atoms with E-state index < -0.39 is 5.79 Å². The molecule has 0 saturated carbocycles. The SMILES string of the molecule is C[C@H](/C=C/CBr)[C@@H](OCc1ccccc1)[C@H]1COC(C)(C)O1. The molecule has 1 aromatic rings. The molecule has 122 valence electrons. The van der Waals surface area contributed by atoms with Crippen LogP contribution < -0.4 is 0 Å².